The average Bonchev–Trinajstić information content (AvgIpc) is 3.10. The van der Waals surface area contributed by atoms with Crippen molar-refractivity contribution in [3.63, 3.8) is 0 Å². The summed E-state index contributed by atoms with van der Waals surface area (Å²) in [5.74, 6) is 1.09. The number of rotatable bonds is 3. The van der Waals surface area contributed by atoms with E-state index in [0.717, 1.165) is 5.56 Å². The number of aromatic nitrogens is 5. The van der Waals surface area contributed by atoms with Crippen molar-refractivity contribution in [2.45, 2.75) is 6.54 Å². The number of nitriles is 1. The lowest BCUT2D eigenvalue weighted by Gasteiger charge is -1.91. The molecule has 0 saturated heterocycles. The maximum Gasteiger partial charge on any atom is 0.258 e. The second-order valence-electron chi connectivity index (χ2n) is 3.41. The molecule has 3 rings (SSSR count). The van der Waals surface area contributed by atoms with Crippen LogP contribution in [0.3, 0.4) is 0 Å². The quantitative estimate of drug-likeness (QED) is 0.703. The maximum atomic E-state index is 8.61. The topological polar surface area (TPSA) is 93.4 Å². The molecule has 3 aromatic rings. The van der Waals surface area contributed by atoms with Gasteiger partial charge in [-0.1, -0.05) is 5.16 Å². The van der Waals surface area contributed by atoms with Gasteiger partial charge in [-0.2, -0.15) is 21.6 Å². The number of thiophene rings is 1. The number of hydrogen-bond donors (Lipinski definition) is 0. The van der Waals surface area contributed by atoms with Gasteiger partial charge in [0.05, 0.1) is 5.56 Å². The molecule has 0 N–H and O–H groups in total. The molecule has 18 heavy (non-hydrogen) atoms. The van der Waals surface area contributed by atoms with Gasteiger partial charge in [-0.15, -0.1) is 5.10 Å². The van der Waals surface area contributed by atoms with E-state index in [4.69, 9.17) is 9.78 Å². The average molecular weight is 258 g/mol. The van der Waals surface area contributed by atoms with Crippen LogP contribution in [0.1, 0.15) is 11.6 Å². The molecule has 0 amide bonds. The Morgan fingerprint density at radius 3 is 3.17 bits per heavy atom. The largest absolute Gasteiger partial charge is 0.334 e. The Balaban J connectivity index is 1.80. The SMILES string of the molecule is N#Cc1ncn(Cc2noc(-c3ccsc3)n2)n1. The first-order valence-corrected chi connectivity index (χ1v) is 5.94. The van der Waals surface area contributed by atoms with Gasteiger partial charge in [0, 0.05) is 5.38 Å². The minimum Gasteiger partial charge on any atom is -0.334 e. The van der Waals surface area contributed by atoms with E-state index in [1.165, 1.54) is 11.0 Å². The molecule has 0 saturated carbocycles. The van der Waals surface area contributed by atoms with Crippen molar-refractivity contribution in [2.75, 3.05) is 0 Å². The Morgan fingerprint density at radius 1 is 1.50 bits per heavy atom. The molecule has 88 valence electrons. The third-order valence-electron chi connectivity index (χ3n) is 2.18. The Kier molecular flexibility index (Phi) is 2.59. The fourth-order valence-electron chi connectivity index (χ4n) is 1.39. The van der Waals surface area contributed by atoms with Gasteiger partial charge >= 0.3 is 0 Å². The second kappa shape index (κ2) is 4.38. The molecule has 0 aromatic carbocycles. The standard InChI is InChI=1S/C10H6N6OS/c11-3-8-12-6-16(14-8)4-9-13-10(17-15-9)7-1-2-18-5-7/h1-2,5-6H,4H2. The molecular weight excluding hydrogens is 252 g/mol. The van der Waals surface area contributed by atoms with Gasteiger partial charge in [-0.05, 0) is 11.4 Å². The highest BCUT2D eigenvalue weighted by atomic mass is 32.1. The molecule has 0 aliphatic rings. The summed E-state index contributed by atoms with van der Waals surface area (Å²) in [5.41, 5.74) is 0.898. The van der Waals surface area contributed by atoms with Gasteiger partial charge < -0.3 is 4.52 Å². The molecule has 0 unspecified atom stereocenters. The molecule has 0 aliphatic heterocycles. The van der Waals surface area contributed by atoms with Gasteiger partial charge in [0.2, 0.25) is 0 Å². The third kappa shape index (κ3) is 1.99. The first-order chi connectivity index (χ1) is 8.85. The first-order valence-electron chi connectivity index (χ1n) is 5.00. The predicted octanol–water partition coefficient (Wildman–Crippen LogP) is 1.31. The number of hydrogen-bond acceptors (Lipinski definition) is 7. The van der Waals surface area contributed by atoms with Gasteiger partial charge in [0.1, 0.15) is 18.9 Å². The van der Waals surface area contributed by atoms with Crippen LogP contribution in [-0.4, -0.2) is 24.9 Å². The van der Waals surface area contributed by atoms with Crippen molar-refractivity contribution < 1.29 is 4.52 Å². The molecule has 7 nitrogen and oxygen atoms in total. The van der Waals surface area contributed by atoms with Crippen molar-refractivity contribution >= 4 is 11.3 Å². The molecule has 0 atom stereocenters. The van der Waals surface area contributed by atoms with E-state index < -0.39 is 0 Å². The van der Waals surface area contributed by atoms with Gasteiger partial charge in [0.25, 0.3) is 11.7 Å². The van der Waals surface area contributed by atoms with Crippen LogP contribution in [-0.2, 0) is 6.54 Å². The van der Waals surface area contributed by atoms with Crippen molar-refractivity contribution in [3.8, 4) is 17.5 Å². The molecule has 8 heteroatoms. The van der Waals surface area contributed by atoms with E-state index in [0.29, 0.717) is 18.3 Å². The minimum absolute atomic E-state index is 0.122. The van der Waals surface area contributed by atoms with E-state index in [1.807, 2.05) is 22.9 Å². The summed E-state index contributed by atoms with van der Waals surface area (Å²) in [6, 6.07) is 3.76. The Bertz CT molecular complexity index is 692. The Hall–Kier alpha value is -2.53. The molecular formula is C10H6N6OS. The van der Waals surface area contributed by atoms with Crippen molar-refractivity contribution in [1.29, 1.82) is 5.26 Å². The summed E-state index contributed by atoms with van der Waals surface area (Å²) in [6.07, 6.45) is 1.46. The molecule has 3 heterocycles. The fourth-order valence-corrected chi connectivity index (χ4v) is 2.02. The lowest BCUT2D eigenvalue weighted by atomic mass is 10.3. The Morgan fingerprint density at radius 2 is 2.44 bits per heavy atom. The van der Waals surface area contributed by atoms with Crippen molar-refractivity contribution in [3.05, 3.63) is 34.8 Å². The van der Waals surface area contributed by atoms with Gasteiger partial charge in [0.15, 0.2) is 5.82 Å². The zero-order valence-corrected chi connectivity index (χ0v) is 9.83. The smallest absolute Gasteiger partial charge is 0.258 e. The van der Waals surface area contributed by atoms with Crippen LogP contribution in [0.4, 0.5) is 0 Å². The molecule has 0 radical (unpaired) electrons. The molecule has 0 aliphatic carbocycles. The molecule has 0 bridgehead atoms. The van der Waals surface area contributed by atoms with E-state index in [-0.39, 0.29) is 5.82 Å². The maximum absolute atomic E-state index is 8.61. The normalized spacial score (nSPS) is 10.4. The second-order valence-corrected chi connectivity index (χ2v) is 4.19. The minimum atomic E-state index is 0.122. The zero-order chi connectivity index (χ0) is 12.4. The van der Waals surface area contributed by atoms with Crippen LogP contribution in [0.2, 0.25) is 0 Å². The Labute approximate surface area is 105 Å². The van der Waals surface area contributed by atoms with Crippen LogP contribution in [0.25, 0.3) is 11.5 Å². The summed E-state index contributed by atoms with van der Waals surface area (Å²) >= 11 is 1.56. The van der Waals surface area contributed by atoms with E-state index in [2.05, 4.69) is 20.2 Å². The van der Waals surface area contributed by atoms with Crippen LogP contribution in [0, 0.1) is 11.3 Å². The number of nitrogens with zero attached hydrogens (tertiary/aromatic N) is 6. The monoisotopic (exact) mass is 258 g/mol. The summed E-state index contributed by atoms with van der Waals surface area (Å²) in [6.45, 7) is 0.322. The van der Waals surface area contributed by atoms with Crippen LogP contribution in [0.5, 0.6) is 0 Å². The molecule has 0 fully saturated rings. The predicted molar refractivity (Wildman–Crippen MR) is 61.5 cm³/mol. The summed E-state index contributed by atoms with van der Waals surface area (Å²) < 4.78 is 6.62. The highest BCUT2D eigenvalue weighted by Crippen LogP contribution is 2.19. The lowest BCUT2D eigenvalue weighted by Crippen LogP contribution is -2.02. The van der Waals surface area contributed by atoms with Crippen molar-refractivity contribution in [2.24, 2.45) is 0 Å². The summed E-state index contributed by atoms with van der Waals surface area (Å²) in [4.78, 5) is 8.03. The van der Waals surface area contributed by atoms with E-state index in [9.17, 15) is 0 Å². The van der Waals surface area contributed by atoms with Crippen molar-refractivity contribution in [1.82, 2.24) is 24.9 Å². The zero-order valence-electron chi connectivity index (χ0n) is 9.02. The van der Waals surface area contributed by atoms with Crippen LogP contribution >= 0.6 is 11.3 Å². The summed E-state index contributed by atoms with van der Waals surface area (Å²) in [7, 11) is 0. The highest BCUT2D eigenvalue weighted by Gasteiger charge is 2.10. The van der Waals surface area contributed by atoms with Gasteiger partial charge in [-0.25, -0.2) is 9.67 Å². The highest BCUT2D eigenvalue weighted by molar-refractivity contribution is 7.08. The van der Waals surface area contributed by atoms with E-state index in [1.54, 1.807) is 11.3 Å². The molecule has 0 spiro atoms. The summed E-state index contributed by atoms with van der Waals surface area (Å²) in [5, 5.41) is 20.3. The lowest BCUT2D eigenvalue weighted by molar-refractivity contribution is 0.419. The van der Waals surface area contributed by atoms with Gasteiger partial charge in [-0.3, -0.25) is 0 Å². The molecule has 3 aromatic heterocycles. The third-order valence-corrected chi connectivity index (χ3v) is 2.86. The van der Waals surface area contributed by atoms with E-state index >= 15 is 0 Å². The van der Waals surface area contributed by atoms with Crippen LogP contribution < -0.4 is 0 Å². The first kappa shape index (κ1) is 10.6. The van der Waals surface area contributed by atoms with Crippen LogP contribution in [0.15, 0.2) is 27.7 Å². The fraction of sp³-hybridized carbons (Fsp3) is 0.100.